The molecule has 2 unspecified atom stereocenters. The Morgan fingerprint density at radius 3 is 2.45 bits per heavy atom. The summed E-state index contributed by atoms with van der Waals surface area (Å²) in [4.78, 5) is 9.47. The lowest BCUT2D eigenvalue weighted by molar-refractivity contribution is -0.0166. The molecule has 0 aromatic heterocycles. The van der Waals surface area contributed by atoms with Gasteiger partial charge in [-0.05, 0) is 34.6 Å². The summed E-state index contributed by atoms with van der Waals surface area (Å²) in [5.41, 5.74) is 0. The molecular weight excluding hydrogens is 533 g/mol. The summed E-state index contributed by atoms with van der Waals surface area (Å²) in [6.07, 6.45) is 0.0405. The normalized spacial score (nSPS) is 23.0. The second kappa shape index (κ2) is 14.1. The van der Waals surface area contributed by atoms with E-state index in [1.165, 1.54) is 0 Å². The number of morpholine rings is 1. The third-order valence-corrected chi connectivity index (χ3v) is 7.38. The van der Waals surface area contributed by atoms with E-state index in [-0.39, 0.29) is 42.4 Å². The summed E-state index contributed by atoms with van der Waals surface area (Å²) >= 11 is 0. The Morgan fingerprint density at radius 2 is 1.87 bits per heavy atom. The van der Waals surface area contributed by atoms with Crippen molar-refractivity contribution in [2.24, 2.45) is 4.99 Å². The van der Waals surface area contributed by atoms with Gasteiger partial charge in [-0.1, -0.05) is 0 Å². The van der Waals surface area contributed by atoms with Gasteiger partial charge in [0.2, 0.25) is 10.0 Å². The highest BCUT2D eigenvalue weighted by atomic mass is 127. The van der Waals surface area contributed by atoms with Gasteiger partial charge in [0.25, 0.3) is 0 Å². The topological polar surface area (TPSA) is 86.7 Å². The number of guanidine groups is 1. The van der Waals surface area contributed by atoms with Gasteiger partial charge in [0.05, 0.1) is 38.2 Å². The molecule has 2 aliphatic heterocycles. The SMILES string of the molecule is CCNC(=NCC(C)N1CCOCC1C)N1CCN(S(=O)(=O)CCOC(C)C)CC1.I. The summed E-state index contributed by atoms with van der Waals surface area (Å²) in [5.74, 6) is 0.902. The largest absolute Gasteiger partial charge is 0.379 e. The molecule has 2 rings (SSSR count). The molecule has 0 radical (unpaired) electrons. The number of halogens is 1. The number of hydrogen-bond acceptors (Lipinski definition) is 6. The number of rotatable bonds is 9. The maximum absolute atomic E-state index is 12.6. The molecule has 0 bridgehead atoms. The summed E-state index contributed by atoms with van der Waals surface area (Å²) in [5, 5.41) is 3.37. The molecule has 9 nitrogen and oxygen atoms in total. The second-order valence-corrected chi connectivity index (χ2v) is 10.4. The number of nitrogens with zero attached hydrogens (tertiary/aromatic N) is 4. The summed E-state index contributed by atoms with van der Waals surface area (Å²) in [6, 6.07) is 0.736. The van der Waals surface area contributed by atoms with E-state index in [1.807, 2.05) is 13.8 Å². The monoisotopic (exact) mass is 575 g/mol. The first kappa shape index (κ1) is 28.8. The zero-order chi connectivity index (χ0) is 22.1. The number of hydrogen-bond donors (Lipinski definition) is 1. The number of sulfonamides is 1. The van der Waals surface area contributed by atoms with Crippen LogP contribution in [-0.2, 0) is 19.5 Å². The van der Waals surface area contributed by atoms with E-state index in [4.69, 9.17) is 14.5 Å². The van der Waals surface area contributed by atoms with Crippen LogP contribution in [0, 0.1) is 0 Å². The molecule has 2 fully saturated rings. The lowest BCUT2D eigenvalue weighted by Gasteiger charge is -2.38. The summed E-state index contributed by atoms with van der Waals surface area (Å²) < 4.78 is 37.6. The fourth-order valence-electron chi connectivity index (χ4n) is 3.84. The molecule has 1 N–H and O–H groups in total. The first-order valence-electron chi connectivity index (χ1n) is 11.2. The first-order chi connectivity index (χ1) is 14.2. The van der Waals surface area contributed by atoms with E-state index < -0.39 is 10.0 Å². The van der Waals surface area contributed by atoms with E-state index in [2.05, 4.69) is 35.9 Å². The van der Waals surface area contributed by atoms with Crippen molar-refractivity contribution < 1.29 is 17.9 Å². The molecule has 31 heavy (non-hydrogen) atoms. The number of ether oxygens (including phenoxy) is 2. The Balaban J connectivity index is 0.00000480. The highest BCUT2D eigenvalue weighted by molar-refractivity contribution is 14.0. The molecule has 0 aromatic carbocycles. The minimum atomic E-state index is -3.28. The number of piperazine rings is 1. The average Bonchev–Trinajstić information content (AvgIpc) is 2.71. The minimum Gasteiger partial charge on any atom is -0.379 e. The van der Waals surface area contributed by atoms with Crippen LogP contribution in [0.3, 0.4) is 0 Å². The number of aliphatic imine (C=N–C) groups is 1. The van der Waals surface area contributed by atoms with Gasteiger partial charge >= 0.3 is 0 Å². The van der Waals surface area contributed by atoms with Gasteiger partial charge in [0.15, 0.2) is 5.96 Å². The molecule has 0 saturated carbocycles. The van der Waals surface area contributed by atoms with Gasteiger partial charge < -0.3 is 19.7 Å². The lowest BCUT2D eigenvalue weighted by Crippen LogP contribution is -2.54. The van der Waals surface area contributed by atoms with E-state index >= 15 is 0 Å². The van der Waals surface area contributed by atoms with Gasteiger partial charge in [-0.15, -0.1) is 24.0 Å². The average molecular weight is 576 g/mol. The summed E-state index contributed by atoms with van der Waals surface area (Å²) in [7, 11) is -3.28. The zero-order valence-corrected chi connectivity index (χ0v) is 22.9. The fraction of sp³-hybridized carbons (Fsp3) is 0.950. The summed E-state index contributed by atoms with van der Waals surface area (Å²) in [6.45, 7) is 16.7. The van der Waals surface area contributed by atoms with Crippen LogP contribution in [0.15, 0.2) is 4.99 Å². The van der Waals surface area contributed by atoms with Crippen molar-refractivity contribution in [1.82, 2.24) is 19.4 Å². The maximum Gasteiger partial charge on any atom is 0.216 e. The smallest absolute Gasteiger partial charge is 0.216 e. The molecule has 0 spiro atoms. The third-order valence-electron chi connectivity index (χ3n) is 5.55. The van der Waals surface area contributed by atoms with Crippen LogP contribution in [0.1, 0.15) is 34.6 Å². The van der Waals surface area contributed by atoms with Gasteiger partial charge in [-0.2, -0.15) is 4.31 Å². The lowest BCUT2D eigenvalue weighted by atomic mass is 10.2. The van der Waals surface area contributed by atoms with Crippen LogP contribution in [0.2, 0.25) is 0 Å². The van der Waals surface area contributed by atoms with E-state index in [0.29, 0.717) is 44.8 Å². The van der Waals surface area contributed by atoms with Crippen molar-refractivity contribution in [1.29, 1.82) is 0 Å². The van der Waals surface area contributed by atoms with Gasteiger partial charge in [-0.25, -0.2) is 8.42 Å². The Kier molecular flexibility index (Phi) is 13.1. The Morgan fingerprint density at radius 1 is 1.19 bits per heavy atom. The molecule has 184 valence electrons. The van der Waals surface area contributed by atoms with E-state index in [9.17, 15) is 8.42 Å². The quantitative estimate of drug-likeness (QED) is 0.250. The molecule has 0 aliphatic carbocycles. The van der Waals surface area contributed by atoms with Crippen molar-refractivity contribution in [2.75, 3.05) is 71.4 Å². The van der Waals surface area contributed by atoms with Gasteiger partial charge in [0.1, 0.15) is 0 Å². The van der Waals surface area contributed by atoms with Crippen LogP contribution in [0.5, 0.6) is 0 Å². The van der Waals surface area contributed by atoms with Crippen LogP contribution in [0.25, 0.3) is 0 Å². The predicted molar refractivity (Wildman–Crippen MR) is 136 cm³/mol. The molecule has 0 aromatic rings. The van der Waals surface area contributed by atoms with Gasteiger partial charge in [-0.3, -0.25) is 9.89 Å². The van der Waals surface area contributed by atoms with Crippen LogP contribution < -0.4 is 5.32 Å². The third kappa shape index (κ3) is 9.28. The molecule has 2 heterocycles. The van der Waals surface area contributed by atoms with Crippen LogP contribution in [0.4, 0.5) is 0 Å². The number of nitrogens with one attached hydrogen (secondary N) is 1. The molecule has 11 heteroatoms. The molecule has 0 amide bonds. The standard InChI is InChI=1S/C20H41N5O4S.HI/c1-6-21-20(22-15-18(4)25-11-12-28-16-19(25)5)23-7-9-24(10-8-23)30(26,27)14-13-29-17(2)3;/h17-19H,6-16H2,1-5H3,(H,21,22);1H. The molecule has 2 saturated heterocycles. The highest BCUT2D eigenvalue weighted by Gasteiger charge is 2.28. The van der Waals surface area contributed by atoms with Crippen molar-refractivity contribution >= 4 is 40.0 Å². The van der Waals surface area contributed by atoms with Crippen LogP contribution >= 0.6 is 24.0 Å². The van der Waals surface area contributed by atoms with E-state index in [1.54, 1.807) is 4.31 Å². The Labute approximate surface area is 206 Å². The molecule has 2 aliphatic rings. The predicted octanol–water partition coefficient (Wildman–Crippen LogP) is 1.05. The van der Waals surface area contributed by atoms with Crippen molar-refractivity contribution in [3.8, 4) is 0 Å². The van der Waals surface area contributed by atoms with Crippen LogP contribution in [-0.4, -0.2) is 118 Å². The van der Waals surface area contributed by atoms with Crippen molar-refractivity contribution in [2.45, 2.75) is 52.8 Å². The zero-order valence-electron chi connectivity index (χ0n) is 19.7. The fourth-order valence-corrected chi connectivity index (χ4v) is 5.13. The Bertz CT molecular complexity index is 641. The van der Waals surface area contributed by atoms with Crippen molar-refractivity contribution in [3.63, 3.8) is 0 Å². The Hall–Kier alpha value is -0.210. The highest BCUT2D eigenvalue weighted by Crippen LogP contribution is 2.12. The first-order valence-corrected chi connectivity index (χ1v) is 12.8. The van der Waals surface area contributed by atoms with Gasteiger partial charge in [0, 0.05) is 51.4 Å². The minimum absolute atomic E-state index is 0. The molecular formula is C20H42IN5O4S. The maximum atomic E-state index is 12.6. The second-order valence-electron chi connectivity index (χ2n) is 8.33. The van der Waals surface area contributed by atoms with E-state index in [0.717, 1.165) is 32.3 Å². The van der Waals surface area contributed by atoms with Crippen molar-refractivity contribution in [3.05, 3.63) is 0 Å². The molecule has 2 atom stereocenters.